The number of amides is 1. The van der Waals surface area contributed by atoms with Crippen molar-refractivity contribution >= 4 is 17.9 Å². The summed E-state index contributed by atoms with van der Waals surface area (Å²) in [7, 11) is 0. The van der Waals surface area contributed by atoms with E-state index in [1.807, 2.05) is 11.0 Å². The highest BCUT2D eigenvalue weighted by molar-refractivity contribution is 5.80. The van der Waals surface area contributed by atoms with Gasteiger partial charge in [-0.05, 0) is 77.5 Å². The number of ether oxygens (including phenoxy) is 2. The Kier molecular flexibility index (Phi) is 11.9. The van der Waals surface area contributed by atoms with E-state index in [9.17, 15) is 27.9 Å². The van der Waals surface area contributed by atoms with Crippen LogP contribution in [0.25, 0.3) is 0 Å². The number of aliphatic carboxylic acids is 1. The number of fused-ring (bicyclic) bond motifs is 1. The molecule has 0 radical (unpaired) electrons. The highest BCUT2D eigenvalue weighted by Gasteiger charge is 2.28. The largest absolute Gasteiger partial charge is 0.480 e. The lowest BCUT2D eigenvalue weighted by Crippen LogP contribution is -2.45. The second-order valence-electron chi connectivity index (χ2n) is 10.1. The minimum Gasteiger partial charge on any atom is -0.480 e. The number of carboxylic acid groups (broad SMARTS) is 1. The number of nitrogens with zero attached hydrogens (tertiary/aromatic N) is 2. The Bertz CT molecular complexity index is 877. The van der Waals surface area contributed by atoms with Gasteiger partial charge in [-0.1, -0.05) is 6.07 Å². The number of carbonyl (C=O) groups excluding carboxylic acids is 1. The summed E-state index contributed by atoms with van der Waals surface area (Å²) in [6, 6.07) is 2.92. The predicted octanol–water partition coefficient (Wildman–Crippen LogP) is 4.01. The van der Waals surface area contributed by atoms with Crippen LogP contribution in [0.15, 0.2) is 12.1 Å². The summed E-state index contributed by atoms with van der Waals surface area (Å²) >= 11 is 0. The van der Waals surface area contributed by atoms with Crippen molar-refractivity contribution in [2.75, 3.05) is 44.7 Å². The Morgan fingerprint density at radius 2 is 1.95 bits per heavy atom. The van der Waals surface area contributed by atoms with Gasteiger partial charge in [-0.3, -0.25) is 0 Å². The highest BCUT2D eigenvalue weighted by Crippen LogP contribution is 2.20. The lowest BCUT2D eigenvalue weighted by Gasteiger charge is -2.25. The van der Waals surface area contributed by atoms with Crippen molar-refractivity contribution < 1.29 is 37.3 Å². The number of hydrogen-bond acceptors (Lipinski definition) is 7. The van der Waals surface area contributed by atoms with Crippen LogP contribution in [0.4, 0.5) is 23.8 Å². The number of alkyl carbamates (subject to hydrolysis) is 1. The Hall–Kier alpha value is -2.60. The topological polar surface area (TPSA) is 113 Å². The fraction of sp³-hybridized carbons (Fsp3) is 0.720. The minimum absolute atomic E-state index is 0.0614. The van der Waals surface area contributed by atoms with Gasteiger partial charge in [0.2, 0.25) is 0 Å². The van der Waals surface area contributed by atoms with E-state index in [0.29, 0.717) is 6.54 Å². The quantitative estimate of drug-likeness (QED) is 0.308. The molecule has 0 spiro atoms. The zero-order valence-electron chi connectivity index (χ0n) is 21.8. The van der Waals surface area contributed by atoms with Gasteiger partial charge < -0.3 is 30.1 Å². The number of aromatic nitrogens is 1. The number of aryl methyl sites for hydroxylation is 2. The van der Waals surface area contributed by atoms with Crippen LogP contribution in [0.3, 0.4) is 0 Å². The van der Waals surface area contributed by atoms with Gasteiger partial charge in [-0.2, -0.15) is 13.2 Å². The van der Waals surface area contributed by atoms with Crippen molar-refractivity contribution in [2.24, 2.45) is 0 Å². The zero-order valence-corrected chi connectivity index (χ0v) is 21.8. The molecule has 0 fully saturated rings. The monoisotopic (exact) mass is 532 g/mol. The molecule has 1 aromatic rings. The average molecular weight is 533 g/mol. The summed E-state index contributed by atoms with van der Waals surface area (Å²) in [6.07, 6.45) is -0.780. The lowest BCUT2D eigenvalue weighted by atomic mass is 10.1. The van der Waals surface area contributed by atoms with Crippen molar-refractivity contribution in [3.63, 3.8) is 0 Å². The third-order valence-electron chi connectivity index (χ3n) is 5.65. The predicted molar refractivity (Wildman–Crippen MR) is 133 cm³/mol. The molecule has 0 unspecified atom stereocenters. The molecule has 37 heavy (non-hydrogen) atoms. The number of alkyl halides is 3. The molecule has 0 saturated heterocycles. The molecule has 0 saturated carbocycles. The molecule has 1 amide bonds. The van der Waals surface area contributed by atoms with Crippen molar-refractivity contribution in [1.29, 1.82) is 0 Å². The molecular weight excluding hydrogens is 493 g/mol. The Balaban J connectivity index is 1.87. The van der Waals surface area contributed by atoms with Crippen molar-refractivity contribution in [1.82, 2.24) is 15.2 Å². The van der Waals surface area contributed by atoms with E-state index < -0.39 is 36.5 Å². The first-order valence-corrected chi connectivity index (χ1v) is 12.6. The maximum Gasteiger partial charge on any atom is 0.411 e. The zero-order chi connectivity index (χ0) is 27.5. The van der Waals surface area contributed by atoms with Crippen molar-refractivity contribution in [3.8, 4) is 0 Å². The molecule has 2 heterocycles. The van der Waals surface area contributed by atoms with Crippen LogP contribution >= 0.6 is 0 Å². The number of halogens is 3. The molecule has 0 bridgehead atoms. The second kappa shape index (κ2) is 14.4. The molecule has 0 aliphatic carbocycles. The third-order valence-corrected chi connectivity index (χ3v) is 5.65. The van der Waals surface area contributed by atoms with Gasteiger partial charge in [-0.15, -0.1) is 0 Å². The number of carboxylic acids is 1. The minimum atomic E-state index is -4.41. The van der Waals surface area contributed by atoms with E-state index in [-0.39, 0.29) is 26.1 Å². The summed E-state index contributed by atoms with van der Waals surface area (Å²) in [4.78, 5) is 30.2. The normalized spacial score (nSPS) is 14.6. The average Bonchev–Trinajstić information content (AvgIpc) is 2.79. The van der Waals surface area contributed by atoms with Crippen LogP contribution < -0.4 is 10.6 Å². The molecule has 210 valence electrons. The van der Waals surface area contributed by atoms with E-state index in [2.05, 4.69) is 21.7 Å². The van der Waals surface area contributed by atoms with Crippen LogP contribution in [0.2, 0.25) is 0 Å². The molecular formula is C25H39F3N4O5. The number of nitrogens with one attached hydrogen (secondary N) is 2. The fourth-order valence-corrected chi connectivity index (χ4v) is 3.89. The van der Waals surface area contributed by atoms with Crippen molar-refractivity contribution in [2.45, 2.75) is 77.1 Å². The van der Waals surface area contributed by atoms with Crippen LogP contribution in [0.1, 0.15) is 57.7 Å². The summed E-state index contributed by atoms with van der Waals surface area (Å²) < 4.78 is 47.1. The van der Waals surface area contributed by atoms with E-state index in [0.717, 1.165) is 50.2 Å². The molecule has 12 heteroatoms. The molecule has 3 N–H and O–H groups in total. The summed E-state index contributed by atoms with van der Waals surface area (Å²) in [5, 5.41) is 15.2. The van der Waals surface area contributed by atoms with Gasteiger partial charge in [0.05, 0.1) is 6.61 Å². The van der Waals surface area contributed by atoms with Gasteiger partial charge in [0.25, 0.3) is 0 Å². The van der Waals surface area contributed by atoms with Gasteiger partial charge in [-0.25, -0.2) is 14.6 Å². The maximum absolute atomic E-state index is 12.4. The standard InChI is InChI=1S/C25H39F3N4O5/c1-24(2,3)37-23(35)31-20(22(33)34)11-14-32(15-16-36-17-25(26,27)28)13-5-4-8-19-10-9-18-7-6-12-29-21(18)30-19/h9-10,20H,4-8,11-17H2,1-3H3,(H,29,30)(H,31,35)(H,33,34)/t20-/m0/s1. The molecule has 1 aliphatic rings. The van der Waals surface area contributed by atoms with E-state index >= 15 is 0 Å². The molecule has 1 atom stereocenters. The number of unbranched alkanes of at least 4 members (excludes halogenated alkanes) is 1. The molecule has 1 aromatic heterocycles. The third kappa shape index (κ3) is 13.0. The number of carbonyl (C=O) groups is 2. The molecule has 1 aliphatic heterocycles. The fourth-order valence-electron chi connectivity index (χ4n) is 3.89. The van der Waals surface area contributed by atoms with E-state index in [1.54, 1.807) is 20.8 Å². The summed E-state index contributed by atoms with van der Waals surface area (Å²) in [5.74, 6) is -0.282. The van der Waals surface area contributed by atoms with E-state index in [4.69, 9.17) is 9.47 Å². The highest BCUT2D eigenvalue weighted by atomic mass is 19.4. The lowest BCUT2D eigenvalue weighted by molar-refractivity contribution is -0.174. The van der Waals surface area contributed by atoms with Crippen LogP contribution in [-0.4, -0.2) is 84.3 Å². The van der Waals surface area contributed by atoms with Gasteiger partial charge >= 0.3 is 18.2 Å². The molecule has 9 nitrogen and oxygen atoms in total. The first-order chi connectivity index (χ1) is 17.3. The SMILES string of the molecule is CC(C)(C)OC(=O)N[C@@H](CCN(CCCCc1ccc2c(n1)NCCC2)CCOCC(F)(F)F)C(=O)O. The Morgan fingerprint density at radius 1 is 1.19 bits per heavy atom. The first-order valence-electron chi connectivity index (χ1n) is 12.6. The Labute approximate surface area is 216 Å². The number of hydrogen-bond donors (Lipinski definition) is 3. The smallest absolute Gasteiger partial charge is 0.411 e. The summed E-state index contributed by atoms with van der Waals surface area (Å²) in [6.45, 7) is 5.43. The number of rotatable bonds is 14. The van der Waals surface area contributed by atoms with Crippen LogP contribution in [0.5, 0.6) is 0 Å². The number of anilines is 1. The van der Waals surface area contributed by atoms with Gasteiger partial charge in [0.15, 0.2) is 0 Å². The van der Waals surface area contributed by atoms with Gasteiger partial charge in [0.1, 0.15) is 24.1 Å². The van der Waals surface area contributed by atoms with Gasteiger partial charge in [0, 0.05) is 25.3 Å². The molecule has 0 aromatic carbocycles. The number of pyridine rings is 1. The second-order valence-corrected chi connectivity index (χ2v) is 10.1. The molecule has 2 rings (SSSR count). The van der Waals surface area contributed by atoms with E-state index in [1.165, 1.54) is 5.56 Å². The van der Waals surface area contributed by atoms with Crippen LogP contribution in [0, 0.1) is 0 Å². The van der Waals surface area contributed by atoms with Crippen molar-refractivity contribution in [3.05, 3.63) is 23.4 Å². The maximum atomic E-state index is 12.4. The summed E-state index contributed by atoms with van der Waals surface area (Å²) in [5.41, 5.74) is 1.41. The first kappa shape index (κ1) is 30.6. The van der Waals surface area contributed by atoms with Crippen LogP contribution in [-0.2, 0) is 27.1 Å². The Morgan fingerprint density at radius 3 is 2.62 bits per heavy atom.